The van der Waals surface area contributed by atoms with Crippen LogP contribution in [0.4, 0.5) is 0 Å². The lowest BCUT2D eigenvalue weighted by Gasteiger charge is -2.23. The number of nitrogens with zero attached hydrogens (tertiary/aromatic N) is 1. The largest absolute Gasteiger partial charge is 0.369 e. The van der Waals surface area contributed by atoms with Crippen LogP contribution >= 0.6 is 23.1 Å². The Morgan fingerprint density at radius 1 is 1.65 bits per heavy atom. The number of hydrogen-bond donors (Lipinski definition) is 2. The molecule has 0 saturated carbocycles. The Bertz CT molecular complexity index is 628. The standard InChI is InChI=1S/C13H13N3O2S2/c1-7-2-3-10(20-7)8-4-12(18)16-13(9(8)5-14)19-6-11(15)17/h2-3,8H,4,6H2,1H3,(H2,15,17)(H,16,18)/t8-/m0/s1. The maximum absolute atomic E-state index is 11.8. The molecule has 2 amide bonds. The average molecular weight is 307 g/mol. The van der Waals surface area contributed by atoms with E-state index in [4.69, 9.17) is 5.73 Å². The van der Waals surface area contributed by atoms with Crippen LogP contribution in [-0.2, 0) is 9.59 Å². The molecule has 5 nitrogen and oxygen atoms in total. The zero-order chi connectivity index (χ0) is 14.7. The Hall–Kier alpha value is -1.78. The number of thiophene rings is 1. The van der Waals surface area contributed by atoms with Crippen LogP contribution in [0.2, 0.25) is 0 Å². The first-order valence-corrected chi connectivity index (χ1v) is 7.73. The van der Waals surface area contributed by atoms with Gasteiger partial charge in [0.05, 0.1) is 22.4 Å². The number of amides is 2. The summed E-state index contributed by atoms with van der Waals surface area (Å²) in [7, 11) is 0. The highest BCUT2D eigenvalue weighted by atomic mass is 32.2. The number of nitriles is 1. The van der Waals surface area contributed by atoms with Crippen molar-refractivity contribution in [3.63, 3.8) is 0 Å². The number of rotatable bonds is 4. The second-order valence-corrected chi connectivity index (χ2v) is 6.67. The Labute approximate surface area is 124 Å². The number of hydrogen-bond acceptors (Lipinski definition) is 5. The fourth-order valence-corrected chi connectivity index (χ4v) is 3.76. The van der Waals surface area contributed by atoms with Gasteiger partial charge in [-0.25, -0.2) is 0 Å². The highest BCUT2D eigenvalue weighted by molar-refractivity contribution is 8.03. The molecule has 0 unspecified atom stereocenters. The Morgan fingerprint density at radius 3 is 2.95 bits per heavy atom. The summed E-state index contributed by atoms with van der Waals surface area (Å²) < 4.78 is 0. The summed E-state index contributed by atoms with van der Waals surface area (Å²) in [6.07, 6.45) is 0.253. The van der Waals surface area contributed by atoms with Crippen molar-refractivity contribution in [2.45, 2.75) is 19.3 Å². The van der Waals surface area contributed by atoms with Crippen LogP contribution in [0.3, 0.4) is 0 Å². The molecule has 1 aliphatic rings. The van der Waals surface area contributed by atoms with Crippen LogP contribution in [0.15, 0.2) is 22.7 Å². The van der Waals surface area contributed by atoms with Crippen molar-refractivity contribution in [3.8, 4) is 6.07 Å². The predicted octanol–water partition coefficient (Wildman–Crippen LogP) is 1.61. The van der Waals surface area contributed by atoms with Crippen LogP contribution in [0, 0.1) is 18.3 Å². The minimum Gasteiger partial charge on any atom is -0.369 e. The number of allylic oxidation sites excluding steroid dienone is 1. The number of carbonyl (C=O) groups is 2. The lowest BCUT2D eigenvalue weighted by molar-refractivity contribution is -0.121. The maximum atomic E-state index is 11.8. The molecule has 2 heterocycles. The molecule has 20 heavy (non-hydrogen) atoms. The fraction of sp³-hybridized carbons (Fsp3) is 0.308. The predicted molar refractivity (Wildman–Crippen MR) is 78.8 cm³/mol. The van der Waals surface area contributed by atoms with Crippen molar-refractivity contribution in [1.29, 1.82) is 5.26 Å². The van der Waals surface area contributed by atoms with Gasteiger partial charge in [0, 0.05) is 22.1 Å². The summed E-state index contributed by atoms with van der Waals surface area (Å²) in [5.41, 5.74) is 5.60. The van der Waals surface area contributed by atoms with Crippen molar-refractivity contribution in [1.82, 2.24) is 5.32 Å². The molecule has 1 aromatic rings. The summed E-state index contributed by atoms with van der Waals surface area (Å²) in [5, 5.41) is 12.5. The zero-order valence-corrected chi connectivity index (χ0v) is 12.4. The van der Waals surface area contributed by atoms with Gasteiger partial charge in [-0.1, -0.05) is 11.8 Å². The van der Waals surface area contributed by atoms with Gasteiger partial charge in [0.1, 0.15) is 0 Å². The van der Waals surface area contributed by atoms with E-state index in [9.17, 15) is 14.9 Å². The molecule has 104 valence electrons. The third-order valence-corrected chi connectivity index (χ3v) is 4.97. The number of aryl methyl sites for hydroxylation is 1. The molecular weight excluding hydrogens is 294 g/mol. The van der Waals surface area contributed by atoms with E-state index >= 15 is 0 Å². The Kier molecular flexibility index (Phi) is 4.47. The molecule has 0 radical (unpaired) electrons. The van der Waals surface area contributed by atoms with E-state index in [-0.39, 0.29) is 24.0 Å². The average Bonchev–Trinajstić information content (AvgIpc) is 2.82. The molecule has 0 aromatic carbocycles. The number of nitrogens with one attached hydrogen (secondary N) is 1. The highest BCUT2D eigenvalue weighted by Gasteiger charge is 2.30. The smallest absolute Gasteiger partial charge is 0.227 e. The van der Waals surface area contributed by atoms with Crippen molar-refractivity contribution in [2.24, 2.45) is 5.73 Å². The molecule has 7 heteroatoms. The SMILES string of the molecule is Cc1ccc([C@H]2CC(=O)NC(SCC(N)=O)=C2C#N)s1. The van der Waals surface area contributed by atoms with Gasteiger partial charge in [-0.05, 0) is 19.1 Å². The summed E-state index contributed by atoms with van der Waals surface area (Å²) >= 11 is 2.68. The third kappa shape index (κ3) is 3.21. The monoisotopic (exact) mass is 307 g/mol. The molecule has 0 spiro atoms. The molecular formula is C13H13N3O2S2. The second-order valence-electron chi connectivity index (χ2n) is 4.36. The summed E-state index contributed by atoms with van der Waals surface area (Å²) in [4.78, 5) is 24.8. The number of thioether (sulfide) groups is 1. The van der Waals surface area contributed by atoms with E-state index in [1.807, 2.05) is 19.1 Å². The van der Waals surface area contributed by atoms with Gasteiger partial charge >= 0.3 is 0 Å². The molecule has 0 aliphatic carbocycles. The molecule has 1 aliphatic heterocycles. The second kappa shape index (κ2) is 6.11. The third-order valence-electron chi connectivity index (χ3n) is 2.82. The molecule has 0 bridgehead atoms. The van der Waals surface area contributed by atoms with Crippen LogP contribution in [-0.4, -0.2) is 17.6 Å². The Balaban J connectivity index is 2.35. The minimum atomic E-state index is -0.483. The van der Waals surface area contributed by atoms with Crippen molar-refractivity contribution in [3.05, 3.63) is 32.5 Å². The van der Waals surface area contributed by atoms with Gasteiger partial charge in [-0.3, -0.25) is 9.59 Å². The summed E-state index contributed by atoms with van der Waals surface area (Å²) in [6, 6.07) is 6.07. The fourth-order valence-electron chi connectivity index (χ4n) is 1.96. The van der Waals surface area contributed by atoms with E-state index in [1.54, 1.807) is 11.3 Å². The quantitative estimate of drug-likeness (QED) is 0.883. The first kappa shape index (κ1) is 14.6. The van der Waals surface area contributed by atoms with E-state index in [2.05, 4.69) is 11.4 Å². The van der Waals surface area contributed by atoms with E-state index < -0.39 is 5.91 Å². The minimum absolute atomic E-state index is 0.0387. The zero-order valence-electron chi connectivity index (χ0n) is 10.8. The maximum Gasteiger partial charge on any atom is 0.227 e. The van der Waals surface area contributed by atoms with E-state index in [0.29, 0.717) is 10.6 Å². The van der Waals surface area contributed by atoms with E-state index in [0.717, 1.165) is 21.5 Å². The Morgan fingerprint density at radius 2 is 2.40 bits per heavy atom. The molecule has 0 fully saturated rings. The molecule has 0 saturated heterocycles. The summed E-state index contributed by atoms with van der Waals surface area (Å²) in [6.45, 7) is 1.98. The van der Waals surface area contributed by atoms with Crippen molar-refractivity contribution < 1.29 is 9.59 Å². The van der Waals surface area contributed by atoms with Gasteiger partial charge in [0.25, 0.3) is 0 Å². The number of carbonyl (C=O) groups excluding carboxylic acids is 2. The van der Waals surface area contributed by atoms with Crippen LogP contribution in [0.1, 0.15) is 22.1 Å². The van der Waals surface area contributed by atoms with E-state index in [1.165, 1.54) is 0 Å². The molecule has 3 N–H and O–H groups in total. The van der Waals surface area contributed by atoms with Gasteiger partial charge < -0.3 is 11.1 Å². The molecule has 1 atom stereocenters. The van der Waals surface area contributed by atoms with Crippen LogP contribution < -0.4 is 11.1 Å². The normalized spacial score (nSPS) is 18.6. The van der Waals surface area contributed by atoms with Crippen molar-refractivity contribution in [2.75, 3.05) is 5.75 Å². The topological polar surface area (TPSA) is 96.0 Å². The van der Waals surface area contributed by atoms with Crippen molar-refractivity contribution >= 4 is 34.9 Å². The highest BCUT2D eigenvalue weighted by Crippen LogP contribution is 2.38. The number of primary amides is 1. The molecule has 2 rings (SSSR count). The molecule has 1 aromatic heterocycles. The lowest BCUT2D eigenvalue weighted by atomic mass is 9.92. The number of nitrogens with two attached hydrogens (primary N) is 1. The summed E-state index contributed by atoms with van der Waals surface area (Å²) in [5.74, 6) is -0.824. The first-order chi connectivity index (χ1) is 9.51. The lowest BCUT2D eigenvalue weighted by Crippen LogP contribution is -2.31. The van der Waals surface area contributed by atoms with Crippen LogP contribution in [0.5, 0.6) is 0 Å². The van der Waals surface area contributed by atoms with Gasteiger partial charge in [-0.15, -0.1) is 11.3 Å². The van der Waals surface area contributed by atoms with Gasteiger partial charge in [-0.2, -0.15) is 5.26 Å². The van der Waals surface area contributed by atoms with Gasteiger partial charge in [0.2, 0.25) is 11.8 Å². The first-order valence-electron chi connectivity index (χ1n) is 5.92. The van der Waals surface area contributed by atoms with Gasteiger partial charge in [0.15, 0.2) is 0 Å². The van der Waals surface area contributed by atoms with Crippen LogP contribution in [0.25, 0.3) is 0 Å².